The lowest BCUT2D eigenvalue weighted by Crippen LogP contribution is -2.48. The number of carbonyl (C=O) groups is 1. The molecule has 164 valence electrons. The first-order valence-corrected chi connectivity index (χ1v) is 10.4. The number of aromatic nitrogens is 5. The van der Waals surface area contributed by atoms with Crippen LogP contribution in [0.15, 0.2) is 43.4 Å². The third-order valence-corrected chi connectivity index (χ3v) is 5.72. The van der Waals surface area contributed by atoms with Crippen molar-refractivity contribution in [2.75, 3.05) is 31.1 Å². The topological polar surface area (TPSA) is 124 Å². The van der Waals surface area contributed by atoms with E-state index in [1.165, 1.54) is 12.4 Å². The number of aromatic amines is 1. The Balaban J connectivity index is 1.57. The molecule has 10 nitrogen and oxygen atoms in total. The van der Waals surface area contributed by atoms with Gasteiger partial charge in [0.05, 0.1) is 22.5 Å². The van der Waals surface area contributed by atoms with Gasteiger partial charge in [0.15, 0.2) is 0 Å². The van der Waals surface area contributed by atoms with Gasteiger partial charge in [-0.05, 0) is 30.7 Å². The maximum absolute atomic E-state index is 11.9. The number of anilines is 1. The zero-order chi connectivity index (χ0) is 22.9. The van der Waals surface area contributed by atoms with E-state index in [1.54, 1.807) is 17.2 Å². The van der Waals surface area contributed by atoms with Crippen LogP contribution in [0.3, 0.4) is 0 Å². The van der Waals surface area contributed by atoms with Gasteiger partial charge in [-0.3, -0.25) is 9.89 Å². The minimum atomic E-state index is -0.0855. The molecule has 1 saturated heterocycles. The first kappa shape index (κ1) is 20.4. The summed E-state index contributed by atoms with van der Waals surface area (Å²) in [6.45, 7) is 7.79. The highest BCUT2D eigenvalue weighted by Gasteiger charge is 2.24. The Hall–Kier alpha value is -4.52. The number of piperazine rings is 1. The van der Waals surface area contributed by atoms with Crippen LogP contribution in [-0.2, 0) is 4.79 Å². The summed E-state index contributed by atoms with van der Waals surface area (Å²) in [5.74, 6) is 1.41. The van der Waals surface area contributed by atoms with Crippen molar-refractivity contribution < 1.29 is 9.53 Å². The smallest absolute Gasteiger partial charge is 0.247 e. The number of pyridine rings is 1. The summed E-state index contributed by atoms with van der Waals surface area (Å²) >= 11 is 0. The van der Waals surface area contributed by atoms with Crippen LogP contribution in [0.4, 0.5) is 5.82 Å². The molecule has 4 aromatic rings. The largest absolute Gasteiger partial charge is 0.436 e. The Labute approximate surface area is 189 Å². The third kappa shape index (κ3) is 3.59. The highest BCUT2D eigenvalue weighted by atomic mass is 16.5. The number of hydrogen-bond acceptors (Lipinski definition) is 8. The fraction of sp³-hybridized carbons (Fsp3) is 0.217. The van der Waals surface area contributed by atoms with Gasteiger partial charge in [-0.1, -0.05) is 12.6 Å². The van der Waals surface area contributed by atoms with Gasteiger partial charge in [-0.15, -0.1) is 0 Å². The number of carbonyl (C=O) groups excluding carboxylic acids is 1. The molecular formula is C23H20N8O2. The molecular weight excluding hydrogens is 420 g/mol. The number of amides is 1. The molecule has 1 N–H and O–H groups in total. The standard InChI is InChI=1S/C23H20N8O2/c1-3-19(32)30-6-8-31(9-7-30)22-16-10-15(11-24)28-23(20(16)25-13-26-22)33-21-14(2)4-5-18-17(21)12-27-29-18/h3-5,10,12-13H,1,6-9H2,2H3,(H,27,29). The first-order valence-electron chi connectivity index (χ1n) is 10.4. The van der Waals surface area contributed by atoms with Crippen molar-refractivity contribution in [1.82, 2.24) is 30.0 Å². The molecule has 0 saturated carbocycles. The molecule has 0 unspecified atom stereocenters. The van der Waals surface area contributed by atoms with Gasteiger partial charge in [0.1, 0.15) is 35.2 Å². The number of nitriles is 1. The Morgan fingerprint density at radius 3 is 2.82 bits per heavy atom. The molecule has 1 aliphatic heterocycles. The van der Waals surface area contributed by atoms with Crippen molar-refractivity contribution in [3.8, 4) is 17.7 Å². The molecule has 10 heteroatoms. The summed E-state index contributed by atoms with van der Waals surface area (Å²) in [5, 5.41) is 18.1. The van der Waals surface area contributed by atoms with E-state index in [2.05, 4.69) is 42.7 Å². The number of hydrogen-bond donors (Lipinski definition) is 1. The molecule has 0 spiro atoms. The molecule has 33 heavy (non-hydrogen) atoms. The fourth-order valence-electron chi connectivity index (χ4n) is 4.00. The molecule has 5 rings (SSSR count). The van der Waals surface area contributed by atoms with E-state index in [-0.39, 0.29) is 17.5 Å². The molecule has 1 fully saturated rings. The number of fused-ring (bicyclic) bond motifs is 2. The van der Waals surface area contributed by atoms with Crippen LogP contribution in [0.25, 0.3) is 21.8 Å². The van der Waals surface area contributed by atoms with E-state index in [9.17, 15) is 10.1 Å². The molecule has 1 amide bonds. The number of aryl methyl sites for hydroxylation is 1. The fourth-order valence-corrected chi connectivity index (χ4v) is 4.00. The number of nitrogens with zero attached hydrogens (tertiary/aromatic N) is 7. The number of benzene rings is 1. The van der Waals surface area contributed by atoms with E-state index in [0.717, 1.165) is 16.5 Å². The van der Waals surface area contributed by atoms with Crippen LogP contribution >= 0.6 is 0 Å². The molecule has 4 heterocycles. The maximum atomic E-state index is 11.9. The SMILES string of the molecule is C=CC(=O)N1CCN(c2ncnc3c(Oc4c(C)ccc5[nH]ncc45)nc(C#N)cc23)CC1. The Bertz CT molecular complexity index is 1430. The summed E-state index contributed by atoms with van der Waals surface area (Å²) < 4.78 is 6.25. The zero-order valence-corrected chi connectivity index (χ0v) is 17.9. The number of rotatable bonds is 4. The highest BCUT2D eigenvalue weighted by Crippen LogP contribution is 2.36. The van der Waals surface area contributed by atoms with E-state index in [4.69, 9.17) is 4.74 Å². The quantitative estimate of drug-likeness (QED) is 0.481. The predicted octanol–water partition coefficient (Wildman–Crippen LogP) is 2.71. The predicted molar refractivity (Wildman–Crippen MR) is 122 cm³/mol. The summed E-state index contributed by atoms with van der Waals surface area (Å²) in [4.78, 5) is 29.0. The molecule has 0 bridgehead atoms. The molecule has 0 atom stereocenters. The second-order valence-electron chi connectivity index (χ2n) is 7.68. The van der Waals surface area contributed by atoms with Gasteiger partial charge < -0.3 is 14.5 Å². The second-order valence-corrected chi connectivity index (χ2v) is 7.68. The van der Waals surface area contributed by atoms with E-state index < -0.39 is 0 Å². The van der Waals surface area contributed by atoms with Crippen LogP contribution in [0.5, 0.6) is 11.6 Å². The highest BCUT2D eigenvalue weighted by molar-refractivity contribution is 5.94. The summed E-state index contributed by atoms with van der Waals surface area (Å²) in [6, 6.07) is 7.63. The van der Waals surface area contributed by atoms with Crippen molar-refractivity contribution in [3.05, 3.63) is 54.6 Å². The van der Waals surface area contributed by atoms with Gasteiger partial charge in [-0.25, -0.2) is 15.0 Å². The van der Waals surface area contributed by atoms with Crippen LogP contribution in [-0.4, -0.2) is 62.1 Å². The van der Waals surface area contributed by atoms with Crippen molar-refractivity contribution in [3.63, 3.8) is 0 Å². The Morgan fingerprint density at radius 2 is 2.06 bits per heavy atom. The monoisotopic (exact) mass is 440 g/mol. The van der Waals surface area contributed by atoms with Gasteiger partial charge >= 0.3 is 0 Å². The second kappa shape index (κ2) is 8.20. The van der Waals surface area contributed by atoms with Crippen molar-refractivity contribution >= 4 is 33.5 Å². The minimum absolute atomic E-state index is 0.0855. The van der Waals surface area contributed by atoms with E-state index in [1.807, 2.05) is 19.1 Å². The van der Waals surface area contributed by atoms with Gasteiger partial charge in [0, 0.05) is 26.2 Å². The lowest BCUT2D eigenvalue weighted by molar-refractivity contribution is -0.126. The average molecular weight is 440 g/mol. The minimum Gasteiger partial charge on any atom is -0.436 e. The Kier molecular flexibility index (Phi) is 5.06. The lowest BCUT2D eigenvalue weighted by Gasteiger charge is -2.35. The first-order chi connectivity index (χ1) is 16.1. The van der Waals surface area contributed by atoms with Crippen LogP contribution in [0, 0.1) is 18.3 Å². The van der Waals surface area contributed by atoms with Crippen molar-refractivity contribution in [2.24, 2.45) is 0 Å². The molecule has 1 aliphatic rings. The third-order valence-electron chi connectivity index (χ3n) is 5.72. The van der Waals surface area contributed by atoms with E-state index in [0.29, 0.717) is 48.6 Å². The molecule has 3 aromatic heterocycles. The molecule has 0 radical (unpaired) electrons. The van der Waals surface area contributed by atoms with Crippen LogP contribution < -0.4 is 9.64 Å². The molecule has 1 aromatic carbocycles. The summed E-state index contributed by atoms with van der Waals surface area (Å²) in [7, 11) is 0. The van der Waals surface area contributed by atoms with E-state index >= 15 is 0 Å². The van der Waals surface area contributed by atoms with Crippen LogP contribution in [0.2, 0.25) is 0 Å². The Morgan fingerprint density at radius 1 is 1.24 bits per heavy atom. The number of ether oxygens (including phenoxy) is 1. The van der Waals surface area contributed by atoms with Crippen molar-refractivity contribution in [1.29, 1.82) is 5.26 Å². The van der Waals surface area contributed by atoms with Gasteiger partial charge in [-0.2, -0.15) is 10.4 Å². The normalized spacial score (nSPS) is 13.8. The average Bonchev–Trinajstić information content (AvgIpc) is 3.34. The summed E-state index contributed by atoms with van der Waals surface area (Å²) in [5.41, 5.74) is 2.44. The zero-order valence-electron chi connectivity index (χ0n) is 17.9. The number of nitrogens with one attached hydrogen (secondary N) is 1. The number of H-pyrrole nitrogens is 1. The lowest BCUT2D eigenvalue weighted by atomic mass is 10.1. The van der Waals surface area contributed by atoms with Crippen LogP contribution in [0.1, 0.15) is 11.3 Å². The maximum Gasteiger partial charge on any atom is 0.247 e. The van der Waals surface area contributed by atoms with Gasteiger partial charge in [0.25, 0.3) is 0 Å². The van der Waals surface area contributed by atoms with Gasteiger partial charge in [0.2, 0.25) is 11.8 Å². The van der Waals surface area contributed by atoms with Crippen molar-refractivity contribution in [2.45, 2.75) is 6.92 Å². The summed E-state index contributed by atoms with van der Waals surface area (Å²) in [6.07, 6.45) is 4.48. The molecule has 0 aliphatic carbocycles.